The number of anilines is 1. The third kappa shape index (κ3) is 5.95. The molecule has 6 nitrogen and oxygen atoms in total. The zero-order valence-corrected chi connectivity index (χ0v) is 13.4. The summed E-state index contributed by atoms with van der Waals surface area (Å²) in [5.74, 6) is -0.505. The maximum Gasteiger partial charge on any atom is 0.251 e. The Labute approximate surface area is 130 Å². The fourth-order valence-electron chi connectivity index (χ4n) is 1.66. The average molecular weight is 305 g/mol. The summed E-state index contributed by atoms with van der Waals surface area (Å²) in [4.78, 5) is 34.6. The monoisotopic (exact) mass is 305 g/mol. The molecule has 1 aromatic rings. The Balaban J connectivity index is 2.46. The molecule has 0 aliphatic rings. The van der Waals surface area contributed by atoms with Gasteiger partial charge in [-0.25, -0.2) is 0 Å². The van der Waals surface area contributed by atoms with Crippen LogP contribution in [0.5, 0.6) is 0 Å². The summed E-state index contributed by atoms with van der Waals surface area (Å²) >= 11 is 0. The minimum atomic E-state index is -0.448. The average Bonchev–Trinajstić information content (AvgIpc) is 2.41. The lowest BCUT2D eigenvalue weighted by molar-refractivity contribution is -0.128. The number of hydrogen-bond acceptors (Lipinski definition) is 3. The van der Waals surface area contributed by atoms with Crippen LogP contribution >= 0.6 is 0 Å². The van der Waals surface area contributed by atoms with Crippen LogP contribution in [0.4, 0.5) is 5.69 Å². The van der Waals surface area contributed by atoms with Crippen molar-refractivity contribution < 1.29 is 14.4 Å². The lowest BCUT2D eigenvalue weighted by atomic mass is 9.96. The molecular formula is C16H23N3O3. The minimum absolute atomic E-state index is 0.0607. The van der Waals surface area contributed by atoms with Gasteiger partial charge in [0.25, 0.3) is 5.91 Å². The third-order valence-electron chi connectivity index (χ3n) is 2.82. The molecule has 0 spiro atoms. The van der Waals surface area contributed by atoms with Gasteiger partial charge in [0, 0.05) is 36.7 Å². The topological polar surface area (TPSA) is 87.3 Å². The van der Waals surface area contributed by atoms with E-state index in [4.69, 9.17) is 0 Å². The predicted octanol–water partition coefficient (Wildman–Crippen LogP) is 1.54. The van der Waals surface area contributed by atoms with Crippen LogP contribution in [0.2, 0.25) is 0 Å². The van der Waals surface area contributed by atoms with Crippen molar-refractivity contribution in [1.82, 2.24) is 10.6 Å². The summed E-state index contributed by atoms with van der Waals surface area (Å²) in [6.45, 7) is 7.60. The molecular weight excluding hydrogens is 282 g/mol. The first-order chi connectivity index (χ1) is 10.2. The van der Waals surface area contributed by atoms with Crippen LogP contribution in [0.1, 0.15) is 38.1 Å². The predicted molar refractivity (Wildman–Crippen MR) is 85.5 cm³/mol. The van der Waals surface area contributed by atoms with E-state index >= 15 is 0 Å². The molecule has 0 fully saturated rings. The van der Waals surface area contributed by atoms with E-state index in [1.165, 1.54) is 6.92 Å². The molecule has 1 rings (SSSR count). The van der Waals surface area contributed by atoms with Gasteiger partial charge in [-0.2, -0.15) is 0 Å². The lowest BCUT2D eigenvalue weighted by Crippen LogP contribution is -2.39. The number of carbonyl (C=O) groups excluding carboxylic acids is 3. The van der Waals surface area contributed by atoms with Gasteiger partial charge in [-0.3, -0.25) is 14.4 Å². The molecule has 0 heterocycles. The van der Waals surface area contributed by atoms with Crippen LogP contribution in [-0.4, -0.2) is 30.8 Å². The highest BCUT2D eigenvalue weighted by Gasteiger charge is 2.20. The van der Waals surface area contributed by atoms with Crippen molar-refractivity contribution in [2.75, 3.05) is 18.4 Å². The molecule has 0 unspecified atom stereocenters. The van der Waals surface area contributed by atoms with E-state index < -0.39 is 5.41 Å². The fraction of sp³-hybridized carbons (Fsp3) is 0.438. The first-order valence-electron chi connectivity index (χ1n) is 7.14. The van der Waals surface area contributed by atoms with Crippen LogP contribution in [0.25, 0.3) is 0 Å². The molecule has 3 N–H and O–H groups in total. The Morgan fingerprint density at radius 2 is 1.68 bits per heavy atom. The normalized spacial score (nSPS) is 10.7. The Morgan fingerprint density at radius 3 is 2.27 bits per heavy atom. The largest absolute Gasteiger partial charge is 0.354 e. The van der Waals surface area contributed by atoms with Gasteiger partial charge in [0.2, 0.25) is 11.8 Å². The van der Waals surface area contributed by atoms with Crippen LogP contribution in [0.3, 0.4) is 0 Å². The molecule has 0 saturated carbocycles. The maximum absolute atomic E-state index is 12.0. The van der Waals surface area contributed by atoms with Crippen LogP contribution in [-0.2, 0) is 9.59 Å². The van der Waals surface area contributed by atoms with Gasteiger partial charge < -0.3 is 16.0 Å². The third-order valence-corrected chi connectivity index (χ3v) is 2.82. The van der Waals surface area contributed by atoms with E-state index in [1.54, 1.807) is 24.3 Å². The number of rotatable bonds is 5. The minimum Gasteiger partial charge on any atom is -0.354 e. The molecule has 3 amide bonds. The standard InChI is InChI=1S/C16H23N3O3/c1-11(20)19-13-7-5-6-12(10-13)14(21)17-8-9-18-15(22)16(2,3)4/h5-7,10H,8-9H2,1-4H3,(H,17,21)(H,18,22)(H,19,20). The first-order valence-corrected chi connectivity index (χ1v) is 7.14. The molecule has 0 aliphatic carbocycles. The second kappa shape index (κ2) is 7.59. The van der Waals surface area contributed by atoms with E-state index in [2.05, 4.69) is 16.0 Å². The summed E-state index contributed by atoms with van der Waals surface area (Å²) in [6, 6.07) is 6.67. The number of benzene rings is 1. The van der Waals surface area contributed by atoms with E-state index in [-0.39, 0.29) is 17.7 Å². The van der Waals surface area contributed by atoms with Crippen LogP contribution in [0.15, 0.2) is 24.3 Å². The number of amides is 3. The Bertz CT molecular complexity index is 562. The summed E-state index contributed by atoms with van der Waals surface area (Å²) < 4.78 is 0. The van der Waals surface area contributed by atoms with Crippen molar-refractivity contribution in [2.45, 2.75) is 27.7 Å². The second-order valence-corrected chi connectivity index (χ2v) is 6.02. The van der Waals surface area contributed by atoms with Crippen molar-refractivity contribution in [3.63, 3.8) is 0 Å². The van der Waals surface area contributed by atoms with Gasteiger partial charge in [-0.05, 0) is 18.2 Å². The molecule has 0 radical (unpaired) electrons. The summed E-state index contributed by atoms with van der Waals surface area (Å²) in [5, 5.41) is 8.10. The smallest absolute Gasteiger partial charge is 0.251 e. The van der Waals surface area contributed by atoms with Gasteiger partial charge in [0.15, 0.2) is 0 Å². The molecule has 1 aromatic carbocycles. The van der Waals surface area contributed by atoms with E-state index in [1.807, 2.05) is 20.8 Å². The Morgan fingerprint density at radius 1 is 1.05 bits per heavy atom. The van der Waals surface area contributed by atoms with Crippen molar-refractivity contribution in [1.29, 1.82) is 0 Å². The fourth-order valence-corrected chi connectivity index (χ4v) is 1.66. The van der Waals surface area contributed by atoms with Gasteiger partial charge >= 0.3 is 0 Å². The summed E-state index contributed by atoms with van der Waals surface area (Å²) in [7, 11) is 0. The van der Waals surface area contributed by atoms with E-state index in [0.717, 1.165) is 0 Å². The highest BCUT2D eigenvalue weighted by atomic mass is 16.2. The Hall–Kier alpha value is -2.37. The van der Waals surface area contributed by atoms with E-state index in [0.29, 0.717) is 24.3 Å². The molecule has 120 valence electrons. The molecule has 0 aliphatic heterocycles. The molecule has 0 atom stereocenters. The lowest BCUT2D eigenvalue weighted by Gasteiger charge is -2.17. The number of nitrogens with one attached hydrogen (secondary N) is 3. The van der Waals surface area contributed by atoms with Crippen molar-refractivity contribution in [3.8, 4) is 0 Å². The van der Waals surface area contributed by atoms with Crippen molar-refractivity contribution in [3.05, 3.63) is 29.8 Å². The molecule has 0 aromatic heterocycles. The molecule has 22 heavy (non-hydrogen) atoms. The number of hydrogen-bond donors (Lipinski definition) is 3. The zero-order chi connectivity index (χ0) is 16.8. The second-order valence-electron chi connectivity index (χ2n) is 6.02. The van der Waals surface area contributed by atoms with Gasteiger partial charge in [0.05, 0.1) is 0 Å². The molecule has 6 heteroatoms. The molecule has 0 saturated heterocycles. The van der Waals surface area contributed by atoms with Gasteiger partial charge in [-0.1, -0.05) is 26.8 Å². The zero-order valence-electron chi connectivity index (χ0n) is 13.4. The quantitative estimate of drug-likeness (QED) is 0.721. The maximum atomic E-state index is 12.0. The highest BCUT2D eigenvalue weighted by Crippen LogP contribution is 2.12. The van der Waals surface area contributed by atoms with Crippen LogP contribution in [0, 0.1) is 5.41 Å². The summed E-state index contributed by atoms with van der Waals surface area (Å²) in [5.41, 5.74) is 0.575. The highest BCUT2D eigenvalue weighted by molar-refractivity contribution is 5.96. The summed E-state index contributed by atoms with van der Waals surface area (Å²) in [6.07, 6.45) is 0. The Kier molecular flexibility index (Phi) is 6.10. The van der Waals surface area contributed by atoms with Crippen molar-refractivity contribution >= 4 is 23.4 Å². The van der Waals surface area contributed by atoms with Crippen LogP contribution < -0.4 is 16.0 Å². The van der Waals surface area contributed by atoms with Gasteiger partial charge in [-0.15, -0.1) is 0 Å². The van der Waals surface area contributed by atoms with Crippen molar-refractivity contribution in [2.24, 2.45) is 5.41 Å². The SMILES string of the molecule is CC(=O)Nc1cccc(C(=O)NCCNC(=O)C(C)(C)C)c1. The first kappa shape index (κ1) is 17.7. The number of carbonyl (C=O) groups is 3. The van der Waals surface area contributed by atoms with E-state index in [9.17, 15) is 14.4 Å². The van der Waals surface area contributed by atoms with Gasteiger partial charge in [0.1, 0.15) is 0 Å². The molecule has 0 bridgehead atoms.